The maximum Gasteiger partial charge on any atom is 0.230 e. The van der Waals surface area contributed by atoms with Gasteiger partial charge in [0, 0.05) is 43.8 Å². The Morgan fingerprint density at radius 3 is 2.76 bits per heavy atom. The fourth-order valence-corrected chi connectivity index (χ4v) is 3.24. The third kappa shape index (κ3) is 3.07. The molecule has 5 heteroatoms. The van der Waals surface area contributed by atoms with Crippen LogP contribution >= 0.6 is 11.6 Å². The molecule has 2 fully saturated rings. The summed E-state index contributed by atoms with van der Waals surface area (Å²) >= 11 is 6.12. The first-order chi connectivity index (χ1) is 10.2. The molecule has 4 nitrogen and oxygen atoms in total. The topological polar surface area (TPSA) is 50.4 Å². The van der Waals surface area contributed by atoms with Crippen LogP contribution in [0.15, 0.2) is 24.3 Å². The zero-order valence-corrected chi connectivity index (χ0v) is 12.8. The lowest BCUT2D eigenvalue weighted by atomic mass is 9.73. The number of carbonyl (C=O) groups excluding carboxylic acids is 1. The monoisotopic (exact) mass is 308 g/mol. The minimum Gasteiger partial charge on any atom is -0.381 e. The molecule has 0 saturated carbocycles. The molecule has 0 unspecified atom stereocenters. The number of rotatable bonds is 4. The summed E-state index contributed by atoms with van der Waals surface area (Å²) in [5.74, 6) is 0.671. The summed E-state index contributed by atoms with van der Waals surface area (Å²) in [6.07, 6.45) is 1.42. The number of benzene rings is 1. The van der Waals surface area contributed by atoms with Crippen LogP contribution in [0.4, 0.5) is 0 Å². The maximum absolute atomic E-state index is 12.8. The molecule has 2 aliphatic heterocycles. The van der Waals surface area contributed by atoms with Gasteiger partial charge in [-0.15, -0.1) is 0 Å². The SMILES string of the molecule is O=C(NCC1CNC1)C1(c2cccc(Cl)c2)CCOCC1. The molecule has 3 rings (SSSR count). The Labute approximate surface area is 130 Å². The van der Waals surface area contributed by atoms with Gasteiger partial charge in [0.05, 0.1) is 5.41 Å². The van der Waals surface area contributed by atoms with Crippen molar-refractivity contribution in [1.82, 2.24) is 10.6 Å². The molecular formula is C16H21ClN2O2. The highest BCUT2D eigenvalue weighted by Gasteiger charge is 2.41. The Balaban J connectivity index is 1.79. The molecule has 0 bridgehead atoms. The summed E-state index contributed by atoms with van der Waals surface area (Å²) < 4.78 is 5.46. The lowest BCUT2D eigenvalue weighted by Crippen LogP contribution is -2.53. The van der Waals surface area contributed by atoms with E-state index in [-0.39, 0.29) is 5.91 Å². The summed E-state index contributed by atoms with van der Waals surface area (Å²) in [4.78, 5) is 12.8. The molecule has 0 spiro atoms. The summed E-state index contributed by atoms with van der Waals surface area (Å²) in [6.45, 7) is 3.96. The van der Waals surface area contributed by atoms with E-state index in [1.807, 2.05) is 24.3 Å². The second-order valence-corrected chi connectivity index (χ2v) is 6.38. The maximum atomic E-state index is 12.8. The molecule has 114 valence electrons. The molecule has 2 saturated heterocycles. The van der Waals surface area contributed by atoms with Crippen molar-refractivity contribution in [3.63, 3.8) is 0 Å². The fraction of sp³-hybridized carbons (Fsp3) is 0.562. The van der Waals surface area contributed by atoms with E-state index in [1.54, 1.807) is 0 Å². The first kappa shape index (κ1) is 14.8. The predicted octanol–water partition coefficient (Wildman–Crippen LogP) is 1.72. The lowest BCUT2D eigenvalue weighted by Gasteiger charge is -2.37. The minimum absolute atomic E-state index is 0.111. The number of nitrogens with one attached hydrogen (secondary N) is 2. The van der Waals surface area contributed by atoms with Gasteiger partial charge in [0.25, 0.3) is 0 Å². The molecule has 0 atom stereocenters. The van der Waals surface area contributed by atoms with Crippen LogP contribution in [0.5, 0.6) is 0 Å². The first-order valence-electron chi connectivity index (χ1n) is 7.53. The minimum atomic E-state index is -0.500. The quantitative estimate of drug-likeness (QED) is 0.890. The van der Waals surface area contributed by atoms with Gasteiger partial charge in [-0.1, -0.05) is 23.7 Å². The number of halogens is 1. The van der Waals surface area contributed by atoms with Gasteiger partial charge in [-0.3, -0.25) is 4.79 Å². The highest BCUT2D eigenvalue weighted by molar-refractivity contribution is 6.30. The normalized spacial score (nSPS) is 21.6. The molecule has 2 N–H and O–H groups in total. The molecule has 21 heavy (non-hydrogen) atoms. The number of hydrogen-bond acceptors (Lipinski definition) is 3. The summed E-state index contributed by atoms with van der Waals surface area (Å²) in [6, 6.07) is 7.67. The van der Waals surface area contributed by atoms with Crippen LogP contribution in [-0.2, 0) is 14.9 Å². The Morgan fingerprint density at radius 1 is 1.38 bits per heavy atom. The van der Waals surface area contributed by atoms with E-state index in [2.05, 4.69) is 10.6 Å². The molecule has 1 aromatic carbocycles. The van der Waals surface area contributed by atoms with Crippen LogP contribution in [0.25, 0.3) is 0 Å². The van der Waals surface area contributed by atoms with Crippen molar-refractivity contribution in [1.29, 1.82) is 0 Å². The van der Waals surface area contributed by atoms with Crippen LogP contribution in [0.1, 0.15) is 18.4 Å². The van der Waals surface area contributed by atoms with Crippen molar-refractivity contribution < 1.29 is 9.53 Å². The smallest absolute Gasteiger partial charge is 0.230 e. The third-order valence-corrected chi connectivity index (χ3v) is 4.81. The Hall–Kier alpha value is -1.10. The second kappa shape index (κ2) is 6.34. The van der Waals surface area contributed by atoms with Crippen LogP contribution < -0.4 is 10.6 Å². The van der Waals surface area contributed by atoms with Crippen LogP contribution in [0, 0.1) is 5.92 Å². The van der Waals surface area contributed by atoms with Crippen LogP contribution in [0.2, 0.25) is 5.02 Å². The van der Waals surface area contributed by atoms with Crippen LogP contribution in [0.3, 0.4) is 0 Å². The van der Waals surface area contributed by atoms with E-state index in [1.165, 1.54) is 0 Å². The number of hydrogen-bond donors (Lipinski definition) is 2. The van der Waals surface area contributed by atoms with E-state index >= 15 is 0 Å². The van der Waals surface area contributed by atoms with Gasteiger partial charge in [-0.25, -0.2) is 0 Å². The van der Waals surface area contributed by atoms with Gasteiger partial charge in [0.1, 0.15) is 0 Å². The summed E-state index contributed by atoms with van der Waals surface area (Å²) in [5.41, 5.74) is 0.503. The second-order valence-electron chi connectivity index (χ2n) is 5.94. The van der Waals surface area contributed by atoms with Gasteiger partial charge in [0.15, 0.2) is 0 Å². The molecule has 1 aromatic rings. The standard InChI is InChI=1S/C16H21ClN2O2/c17-14-3-1-2-13(8-14)16(4-6-21-7-5-16)15(20)19-11-12-9-18-10-12/h1-3,8,12,18H,4-7,9-11H2,(H,19,20). The average Bonchev–Trinajstić information content (AvgIpc) is 2.46. The molecule has 0 aliphatic carbocycles. The highest BCUT2D eigenvalue weighted by Crippen LogP contribution is 2.36. The third-order valence-electron chi connectivity index (χ3n) is 4.58. The fourth-order valence-electron chi connectivity index (χ4n) is 3.05. The zero-order valence-electron chi connectivity index (χ0n) is 12.0. The predicted molar refractivity (Wildman–Crippen MR) is 82.6 cm³/mol. The van der Waals surface area contributed by atoms with Gasteiger partial charge < -0.3 is 15.4 Å². The Kier molecular flexibility index (Phi) is 4.48. The first-order valence-corrected chi connectivity index (χ1v) is 7.91. The van der Waals surface area contributed by atoms with Gasteiger partial charge in [0.2, 0.25) is 5.91 Å². The van der Waals surface area contributed by atoms with Crippen LogP contribution in [-0.4, -0.2) is 38.8 Å². The lowest BCUT2D eigenvalue weighted by molar-refractivity contribution is -0.130. The van der Waals surface area contributed by atoms with E-state index in [9.17, 15) is 4.79 Å². The number of ether oxygens (including phenoxy) is 1. The summed E-state index contributed by atoms with van der Waals surface area (Å²) in [7, 11) is 0. The van der Waals surface area contributed by atoms with Gasteiger partial charge in [-0.05, 0) is 30.5 Å². The van der Waals surface area contributed by atoms with E-state index < -0.39 is 5.41 Å². The van der Waals surface area contributed by atoms with Crippen molar-refractivity contribution in [2.45, 2.75) is 18.3 Å². The molecule has 1 amide bonds. The van der Waals surface area contributed by atoms with Gasteiger partial charge >= 0.3 is 0 Å². The molecule has 0 radical (unpaired) electrons. The average molecular weight is 309 g/mol. The summed E-state index contributed by atoms with van der Waals surface area (Å²) in [5, 5.41) is 7.04. The number of amides is 1. The van der Waals surface area contributed by atoms with Crippen molar-refractivity contribution in [2.24, 2.45) is 5.92 Å². The molecule has 2 aliphatic rings. The van der Waals surface area contributed by atoms with Crippen molar-refractivity contribution >= 4 is 17.5 Å². The molecular weight excluding hydrogens is 288 g/mol. The Morgan fingerprint density at radius 2 is 2.14 bits per heavy atom. The van der Waals surface area contributed by atoms with Gasteiger partial charge in [-0.2, -0.15) is 0 Å². The number of carbonyl (C=O) groups is 1. The van der Waals surface area contributed by atoms with E-state index in [0.29, 0.717) is 37.0 Å². The molecule has 0 aromatic heterocycles. The van der Waals surface area contributed by atoms with E-state index in [4.69, 9.17) is 16.3 Å². The highest BCUT2D eigenvalue weighted by atomic mass is 35.5. The zero-order chi connectivity index (χ0) is 14.7. The van der Waals surface area contributed by atoms with Crippen molar-refractivity contribution in [3.8, 4) is 0 Å². The molecule has 2 heterocycles. The Bertz CT molecular complexity index is 511. The largest absolute Gasteiger partial charge is 0.381 e. The van der Waals surface area contributed by atoms with Crippen molar-refractivity contribution in [3.05, 3.63) is 34.9 Å². The van der Waals surface area contributed by atoms with E-state index in [0.717, 1.165) is 25.2 Å². The van der Waals surface area contributed by atoms with Crippen molar-refractivity contribution in [2.75, 3.05) is 32.8 Å².